The monoisotopic (exact) mass is 644 g/mol. The van der Waals surface area contributed by atoms with Gasteiger partial charge in [0.2, 0.25) is 0 Å². The number of primary amides is 1. The van der Waals surface area contributed by atoms with Crippen molar-refractivity contribution in [1.29, 1.82) is 0 Å². The average molecular weight is 645 g/mol. The molecule has 4 aromatic rings. The van der Waals surface area contributed by atoms with Gasteiger partial charge >= 0.3 is 12.1 Å². The van der Waals surface area contributed by atoms with E-state index in [1.54, 1.807) is 29.1 Å². The van der Waals surface area contributed by atoms with Gasteiger partial charge in [-0.05, 0) is 51.1 Å². The number of hydrogen-bond donors (Lipinski definition) is 3. The second-order valence-corrected chi connectivity index (χ2v) is 11.1. The van der Waals surface area contributed by atoms with Crippen molar-refractivity contribution in [3.8, 4) is 10.8 Å². The van der Waals surface area contributed by atoms with Crippen LogP contribution in [0.4, 0.5) is 22.0 Å². The van der Waals surface area contributed by atoms with E-state index >= 15 is 8.78 Å². The largest absolute Gasteiger partial charge is 0.490 e. The van der Waals surface area contributed by atoms with Gasteiger partial charge in [0.25, 0.3) is 11.8 Å². The first-order valence-electron chi connectivity index (χ1n) is 12.9. The fourth-order valence-corrected chi connectivity index (χ4v) is 5.83. The number of benzene rings is 2. The molecule has 2 aromatic heterocycles. The predicted molar refractivity (Wildman–Crippen MR) is 151 cm³/mol. The molecular weight excluding hydrogens is 619 g/mol. The predicted octanol–water partition coefficient (Wildman–Crippen LogP) is 6.70. The Morgan fingerprint density at radius 2 is 1.79 bits per heavy atom. The zero-order chi connectivity index (χ0) is 31.5. The average Bonchev–Trinajstić information content (AvgIpc) is 3.57. The molecule has 1 atom stereocenters. The molecule has 0 saturated carbocycles. The van der Waals surface area contributed by atoms with Gasteiger partial charge in [-0.1, -0.05) is 35.9 Å². The molecule has 15 heteroatoms. The van der Waals surface area contributed by atoms with Crippen molar-refractivity contribution in [1.82, 2.24) is 14.9 Å². The smallest absolute Gasteiger partial charge is 0.484 e. The van der Waals surface area contributed by atoms with Gasteiger partial charge < -0.3 is 20.9 Å². The molecule has 1 aliphatic heterocycles. The van der Waals surface area contributed by atoms with Crippen LogP contribution in [0.15, 0.2) is 54.9 Å². The number of aromatic nitrogens is 2. The van der Waals surface area contributed by atoms with Crippen LogP contribution in [-0.2, 0) is 10.7 Å². The summed E-state index contributed by atoms with van der Waals surface area (Å²) in [5.74, 6) is -6.78. The van der Waals surface area contributed by atoms with E-state index in [0.29, 0.717) is 52.7 Å². The van der Waals surface area contributed by atoms with Gasteiger partial charge in [-0.25, -0.2) is 18.6 Å². The van der Waals surface area contributed by atoms with Crippen molar-refractivity contribution in [2.24, 2.45) is 11.7 Å². The molecule has 0 spiro atoms. The molecule has 1 saturated heterocycles. The molecule has 230 valence electrons. The van der Waals surface area contributed by atoms with E-state index in [4.69, 9.17) is 32.0 Å². The van der Waals surface area contributed by atoms with Crippen LogP contribution in [0.2, 0.25) is 5.02 Å². The molecule has 1 aliphatic rings. The van der Waals surface area contributed by atoms with Crippen molar-refractivity contribution >= 4 is 45.8 Å². The number of carboxylic acids is 1. The van der Waals surface area contributed by atoms with Crippen LogP contribution >= 0.6 is 22.9 Å². The number of rotatable bonds is 7. The quantitative estimate of drug-likeness (QED) is 0.193. The minimum absolute atomic E-state index is 0.0425. The number of piperidine rings is 1. The lowest BCUT2D eigenvalue weighted by atomic mass is 9.87. The molecule has 0 unspecified atom stereocenters. The number of nitrogens with two attached hydrogens (primary N) is 1. The lowest BCUT2D eigenvalue weighted by Gasteiger charge is -2.30. The molecule has 1 amide bonds. The molecule has 1 fully saturated rings. The summed E-state index contributed by atoms with van der Waals surface area (Å²) in [5, 5.41) is 11.4. The number of aliphatic carboxylic acids is 1. The van der Waals surface area contributed by atoms with E-state index in [-0.39, 0.29) is 10.4 Å². The van der Waals surface area contributed by atoms with E-state index in [1.807, 2.05) is 25.1 Å². The highest BCUT2D eigenvalue weighted by Gasteiger charge is 2.42. The van der Waals surface area contributed by atoms with E-state index in [2.05, 4.69) is 10.3 Å². The molecular formula is C28H26ClF5N4O4S. The van der Waals surface area contributed by atoms with Crippen LogP contribution in [0.3, 0.4) is 0 Å². The van der Waals surface area contributed by atoms with Gasteiger partial charge in [0.05, 0.1) is 11.0 Å². The van der Waals surface area contributed by atoms with Gasteiger partial charge in [-0.3, -0.25) is 9.36 Å². The number of ether oxygens (including phenoxy) is 1. The Morgan fingerprint density at radius 3 is 2.40 bits per heavy atom. The Labute approximate surface area is 251 Å². The SMILES string of the molecule is C[C@@H](Oc1cc(-n2cnc3ccc(C(F)(F)C4CCNCC4)cc32)sc1C(N)=O)c1ccccc1Cl.O=C(O)C(F)(F)F. The van der Waals surface area contributed by atoms with Crippen molar-refractivity contribution in [3.63, 3.8) is 0 Å². The maximum Gasteiger partial charge on any atom is 0.490 e. The molecule has 3 heterocycles. The highest BCUT2D eigenvalue weighted by Crippen LogP contribution is 2.42. The zero-order valence-corrected chi connectivity index (χ0v) is 24.1. The van der Waals surface area contributed by atoms with Crippen molar-refractivity contribution in [2.75, 3.05) is 13.1 Å². The molecule has 5 rings (SSSR count). The second kappa shape index (κ2) is 12.9. The summed E-state index contributed by atoms with van der Waals surface area (Å²) in [6.07, 6.45) is -3.15. The summed E-state index contributed by atoms with van der Waals surface area (Å²) in [4.78, 5) is 25.7. The number of thiophene rings is 1. The molecule has 2 aromatic carbocycles. The van der Waals surface area contributed by atoms with E-state index in [9.17, 15) is 18.0 Å². The zero-order valence-electron chi connectivity index (χ0n) is 22.5. The van der Waals surface area contributed by atoms with Gasteiger partial charge in [0.15, 0.2) is 0 Å². The summed E-state index contributed by atoms with van der Waals surface area (Å²) in [6.45, 7) is 2.99. The lowest BCUT2D eigenvalue weighted by Crippen LogP contribution is -2.36. The third-order valence-corrected chi connectivity index (χ3v) is 8.29. The number of carbonyl (C=O) groups excluding carboxylic acids is 1. The van der Waals surface area contributed by atoms with Gasteiger partial charge in [-0.2, -0.15) is 13.2 Å². The number of nitrogens with one attached hydrogen (secondary N) is 1. The first-order chi connectivity index (χ1) is 20.2. The number of fused-ring (bicyclic) bond motifs is 1. The van der Waals surface area contributed by atoms with Crippen molar-refractivity contribution in [2.45, 2.75) is 38.0 Å². The van der Waals surface area contributed by atoms with Crippen LogP contribution in [0.25, 0.3) is 16.0 Å². The number of halogens is 6. The Kier molecular flexibility index (Phi) is 9.62. The molecule has 8 nitrogen and oxygen atoms in total. The topological polar surface area (TPSA) is 119 Å². The van der Waals surface area contributed by atoms with Crippen LogP contribution < -0.4 is 15.8 Å². The number of amides is 1. The van der Waals surface area contributed by atoms with Gasteiger partial charge in [0, 0.05) is 28.1 Å². The van der Waals surface area contributed by atoms with Gasteiger partial charge in [0.1, 0.15) is 28.1 Å². The van der Waals surface area contributed by atoms with E-state index in [1.165, 1.54) is 12.1 Å². The number of carbonyl (C=O) groups is 2. The van der Waals surface area contributed by atoms with Crippen molar-refractivity contribution in [3.05, 3.63) is 75.9 Å². The third kappa shape index (κ3) is 7.25. The normalized spacial score (nSPS) is 15.0. The minimum Gasteiger partial charge on any atom is -0.484 e. The first kappa shape index (κ1) is 32.2. The summed E-state index contributed by atoms with van der Waals surface area (Å²) < 4.78 is 70.3. The summed E-state index contributed by atoms with van der Waals surface area (Å²) in [5.41, 5.74) is 7.45. The Balaban J connectivity index is 0.000000541. The van der Waals surface area contributed by atoms with Crippen LogP contribution in [0.1, 0.15) is 46.7 Å². The fraction of sp³-hybridized carbons (Fsp3) is 0.321. The lowest BCUT2D eigenvalue weighted by molar-refractivity contribution is -0.192. The Hall–Kier alpha value is -3.75. The molecule has 43 heavy (non-hydrogen) atoms. The number of imidazole rings is 1. The Morgan fingerprint density at radius 1 is 1.14 bits per heavy atom. The van der Waals surface area contributed by atoms with Gasteiger partial charge in [-0.15, -0.1) is 11.3 Å². The van der Waals surface area contributed by atoms with Crippen LogP contribution in [0.5, 0.6) is 5.75 Å². The molecule has 4 N–H and O–H groups in total. The number of carboxylic acid groups (broad SMARTS) is 1. The summed E-state index contributed by atoms with van der Waals surface area (Å²) >= 11 is 7.42. The van der Waals surface area contributed by atoms with Crippen molar-refractivity contribution < 1.29 is 41.4 Å². The Bertz CT molecular complexity index is 1620. The van der Waals surface area contributed by atoms with E-state index < -0.39 is 36.0 Å². The number of nitrogens with zero attached hydrogens (tertiary/aromatic N) is 2. The first-order valence-corrected chi connectivity index (χ1v) is 14.1. The third-order valence-electron chi connectivity index (χ3n) is 6.82. The summed E-state index contributed by atoms with van der Waals surface area (Å²) in [7, 11) is 0. The molecule has 0 radical (unpaired) electrons. The maximum absolute atomic E-state index is 15.4. The van der Waals surface area contributed by atoms with E-state index in [0.717, 1.165) is 16.9 Å². The second-order valence-electron chi connectivity index (χ2n) is 9.69. The summed E-state index contributed by atoms with van der Waals surface area (Å²) in [6, 6.07) is 13.5. The standard InChI is InChI=1S/C26H25ClF2N4O2S.C2HF3O2/c1-15(18-4-2-3-5-19(18)27)35-22-13-23(36-24(22)25(30)34)33-14-32-20-7-6-17(12-21(20)33)26(28,29)16-8-10-31-11-9-16;3-2(4,5)1(6)7/h2-7,12-16,31H,8-11H2,1H3,(H2,30,34);(H,6,7)/t15-;/m1./s1. The molecule has 0 bridgehead atoms. The maximum atomic E-state index is 15.4. The number of hydrogen-bond acceptors (Lipinski definition) is 6. The highest BCUT2D eigenvalue weighted by molar-refractivity contribution is 7.16. The van der Waals surface area contributed by atoms with Crippen LogP contribution in [-0.4, -0.2) is 45.8 Å². The minimum atomic E-state index is -5.08. The van der Waals surface area contributed by atoms with Crippen LogP contribution in [0, 0.1) is 5.92 Å². The number of alkyl halides is 5. The fourth-order valence-electron chi connectivity index (χ4n) is 4.61. The highest BCUT2D eigenvalue weighted by atomic mass is 35.5. The molecule has 0 aliphatic carbocycles.